The Balaban J connectivity index is 2.32. The van der Waals surface area contributed by atoms with Gasteiger partial charge in [-0.15, -0.1) is 0 Å². The highest BCUT2D eigenvalue weighted by molar-refractivity contribution is 6.35. The Kier molecular flexibility index (Phi) is 3.24. The van der Waals surface area contributed by atoms with Gasteiger partial charge in [0, 0.05) is 11.1 Å². The van der Waals surface area contributed by atoms with E-state index in [9.17, 15) is 4.79 Å². The molecule has 0 N–H and O–H groups in total. The van der Waals surface area contributed by atoms with E-state index in [0.29, 0.717) is 21.3 Å². The van der Waals surface area contributed by atoms with E-state index >= 15 is 0 Å². The van der Waals surface area contributed by atoms with Gasteiger partial charge in [0.25, 0.3) is 0 Å². The number of rotatable bonds is 1. The van der Waals surface area contributed by atoms with E-state index in [2.05, 4.69) is 0 Å². The average molecular weight is 307 g/mol. The molecule has 0 bridgehead atoms. The van der Waals surface area contributed by atoms with E-state index in [4.69, 9.17) is 27.6 Å². The van der Waals surface area contributed by atoms with E-state index in [0.717, 1.165) is 10.9 Å². The molecule has 0 aliphatic rings. The van der Waals surface area contributed by atoms with Crippen molar-refractivity contribution in [2.24, 2.45) is 0 Å². The highest BCUT2D eigenvalue weighted by atomic mass is 35.5. The number of halogens is 2. The predicted molar refractivity (Wildman–Crippen MR) is 78.8 cm³/mol. The monoisotopic (exact) mass is 306 g/mol. The molecule has 0 fully saturated rings. The van der Waals surface area contributed by atoms with Crippen molar-refractivity contribution in [1.82, 2.24) is 0 Å². The third-order valence-corrected chi connectivity index (χ3v) is 3.60. The Labute approximate surface area is 125 Å². The molecule has 0 spiro atoms. The van der Waals surface area contributed by atoms with Crippen LogP contribution in [0.5, 0.6) is 0 Å². The lowest BCUT2D eigenvalue weighted by atomic mass is 10.2. The maximum absolute atomic E-state index is 12.1. The smallest absolute Gasteiger partial charge is 0.371 e. The van der Waals surface area contributed by atoms with E-state index in [-0.39, 0.29) is 0 Å². The molecule has 0 aliphatic carbocycles. The van der Waals surface area contributed by atoms with Crippen molar-refractivity contribution >= 4 is 34.2 Å². The van der Waals surface area contributed by atoms with Crippen LogP contribution in [0.1, 0.15) is 5.56 Å². The molecule has 1 aromatic heterocycles. The first-order chi connectivity index (χ1) is 9.56. The maximum atomic E-state index is 12.1. The molecular weight excluding hydrogens is 297 g/mol. The van der Waals surface area contributed by atoms with E-state index in [1.165, 1.54) is 4.57 Å². The first kappa shape index (κ1) is 13.2. The summed E-state index contributed by atoms with van der Waals surface area (Å²) in [6, 6.07) is 10.6. The predicted octanol–water partition coefficient (Wildman–Crippen LogP) is 3.68. The summed E-state index contributed by atoms with van der Waals surface area (Å²) >= 11 is 12.0. The average Bonchev–Trinajstić information content (AvgIpc) is 2.40. The zero-order valence-electron chi connectivity index (χ0n) is 10.6. The standard InChI is InChI=1S/C15H10Cl2NO2/c1-9-3-2-4-10-8-18(15(19)20-14(9)10)13-6-5-11(16)7-12(13)17/h2-8H,1H3/q+1. The van der Waals surface area contributed by atoms with Crippen LogP contribution >= 0.6 is 23.2 Å². The van der Waals surface area contributed by atoms with Crippen LogP contribution in [0, 0.1) is 6.92 Å². The van der Waals surface area contributed by atoms with Crippen molar-refractivity contribution in [3.8, 4) is 5.69 Å². The second-order valence-corrected chi connectivity index (χ2v) is 5.30. The Morgan fingerprint density at radius 3 is 2.70 bits per heavy atom. The van der Waals surface area contributed by atoms with Gasteiger partial charge in [-0.3, -0.25) is 0 Å². The number of hydrogen-bond acceptors (Lipinski definition) is 2. The fourth-order valence-corrected chi connectivity index (χ4v) is 2.59. The van der Waals surface area contributed by atoms with Crippen LogP contribution in [-0.2, 0) is 0 Å². The van der Waals surface area contributed by atoms with Crippen molar-refractivity contribution < 1.29 is 8.98 Å². The Morgan fingerprint density at radius 2 is 1.95 bits per heavy atom. The molecule has 3 nitrogen and oxygen atoms in total. The van der Waals surface area contributed by atoms with Crippen LogP contribution in [0.15, 0.2) is 51.8 Å². The molecule has 2 aromatic carbocycles. The first-order valence-electron chi connectivity index (χ1n) is 5.97. The Morgan fingerprint density at radius 1 is 1.15 bits per heavy atom. The SMILES string of the molecule is Cc1cccc2c[n+](-c3ccc(Cl)cc3Cl)c(=O)oc12. The van der Waals surface area contributed by atoms with Gasteiger partial charge in [-0.05, 0) is 30.7 Å². The zero-order chi connectivity index (χ0) is 14.3. The van der Waals surface area contributed by atoms with Gasteiger partial charge >= 0.3 is 5.76 Å². The number of aryl methyl sites for hydroxylation is 1. The number of hydrogen-bond donors (Lipinski definition) is 0. The molecule has 1 heterocycles. The van der Waals surface area contributed by atoms with Gasteiger partial charge in [-0.1, -0.05) is 39.9 Å². The van der Waals surface area contributed by atoms with Gasteiger partial charge in [-0.25, -0.2) is 0 Å². The number of benzene rings is 2. The molecule has 3 rings (SSSR count). The van der Waals surface area contributed by atoms with Crippen molar-refractivity contribution in [2.75, 3.05) is 0 Å². The van der Waals surface area contributed by atoms with Crippen molar-refractivity contribution in [3.05, 3.63) is 68.8 Å². The van der Waals surface area contributed by atoms with E-state index in [1.807, 2.05) is 25.1 Å². The lowest BCUT2D eigenvalue weighted by Crippen LogP contribution is -2.46. The minimum Gasteiger partial charge on any atom is -0.371 e. The minimum atomic E-state index is -0.490. The van der Waals surface area contributed by atoms with Crippen LogP contribution in [0.4, 0.5) is 0 Å². The largest absolute Gasteiger partial charge is 0.608 e. The maximum Gasteiger partial charge on any atom is 0.608 e. The fourth-order valence-electron chi connectivity index (χ4n) is 2.09. The summed E-state index contributed by atoms with van der Waals surface area (Å²) in [5, 5.41) is 1.73. The molecule has 0 atom stereocenters. The number of fused-ring (bicyclic) bond motifs is 1. The zero-order valence-corrected chi connectivity index (χ0v) is 12.1. The van der Waals surface area contributed by atoms with Crippen LogP contribution in [0.2, 0.25) is 10.0 Å². The Hall–Kier alpha value is -1.84. The summed E-state index contributed by atoms with van der Waals surface area (Å²) in [6.07, 6.45) is 1.71. The topological polar surface area (TPSA) is 34.1 Å². The van der Waals surface area contributed by atoms with Crippen molar-refractivity contribution in [1.29, 1.82) is 0 Å². The third-order valence-electron chi connectivity index (χ3n) is 3.07. The van der Waals surface area contributed by atoms with E-state index < -0.39 is 5.76 Å². The molecule has 0 amide bonds. The lowest BCUT2D eigenvalue weighted by molar-refractivity contribution is -0.623. The summed E-state index contributed by atoms with van der Waals surface area (Å²) < 4.78 is 6.75. The molecule has 0 aliphatic heterocycles. The molecule has 20 heavy (non-hydrogen) atoms. The highest BCUT2D eigenvalue weighted by Gasteiger charge is 2.19. The van der Waals surface area contributed by atoms with Gasteiger partial charge in [0.2, 0.25) is 5.69 Å². The fraction of sp³-hybridized carbons (Fsp3) is 0.0667. The first-order valence-corrected chi connectivity index (χ1v) is 6.72. The number of nitrogens with zero attached hydrogens (tertiary/aromatic N) is 1. The van der Waals surface area contributed by atoms with Gasteiger partial charge in [0.15, 0.2) is 11.8 Å². The van der Waals surface area contributed by atoms with Crippen molar-refractivity contribution in [2.45, 2.75) is 6.92 Å². The molecule has 0 unspecified atom stereocenters. The highest BCUT2D eigenvalue weighted by Crippen LogP contribution is 2.21. The quantitative estimate of drug-likeness (QED) is 0.643. The molecule has 100 valence electrons. The van der Waals surface area contributed by atoms with Crippen molar-refractivity contribution in [3.63, 3.8) is 0 Å². The van der Waals surface area contributed by atoms with Gasteiger partial charge in [0.1, 0.15) is 5.02 Å². The van der Waals surface area contributed by atoms with Gasteiger partial charge in [-0.2, -0.15) is 4.79 Å². The molecule has 0 radical (unpaired) electrons. The van der Waals surface area contributed by atoms with Gasteiger partial charge in [0.05, 0.1) is 5.39 Å². The Bertz CT molecular complexity index is 871. The molecule has 0 saturated carbocycles. The molecular formula is C15H10Cl2NO2+. The minimum absolute atomic E-state index is 0.391. The second kappa shape index (κ2) is 4.93. The summed E-state index contributed by atoms with van der Waals surface area (Å²) in [4.78, 5) is 12.1. The van der Waals surface area contributed by atoms with Crippen LogP contribution in [0.25, 0.3) is 16.7 Å². The van der Waals surface area contributed by atoms with Crippen LogP contribution in [0.3, 0.4) is 0 Å². The second-order valence-electron chi connectivity index (χ2n) is 4.46. The lowest BCUT2D eigenvalue weighted by Gasteiger charge is -2.01. The van der Waals surface area contributed by atoms with Gasteiger partial charge < -0.3 is 4.42 Å². The number of para-hydroxylation sites is 1. The third kappa shape index (κ3) is 2.19. The summed E-state index contributed by atoms with van der Waals surface area (Å²) in [7, 11) is 0. The van der Waals surface area contributed by atoms with E-state index in [1.54, 1.807) is 24.4 Å². The number of aromatic nitrogens is 1. The van der Waals surface area contributed by atoms with Crippen LogP contribution in [-0.4, -0.2) is 0 Å². The molecule has 5 heteroatoms. The normalized spacial score (nSPS) is 10.9. The summed E-state index contributed by atoms with van der Waals surface area (Å²) in [5.74, 6) is -0.490. The molecule has 0 saturated heterocycles. The molecule has 3 aromatic rings. The summed E-state index contributed by atoms with van der Waals surface area (Å²) in [6.45, 7) is 1.89. The summed E-state index contributed by atoms with van der Waals surface area (Å²) in [5.41, 5.74) is 2.03. The van der Waals surface area contributed by atoms with Crippen LogP contribution < -0.4 is 10.3 Å².